The van der Waals surface area contributed by atoms with Gasteiger partial charge in [0.15, 0.2) is 0 Å². The number of likely N-dealkylation sites (N-methyl/N-ethyl adjacent to an activating group) is 1. The second-order valence-corrected chi connectivity index (χ2v) is 9.22. The Morgan fingerprint density at radius 1 is 1.00 bits per heavy atom. The van der Waals surface area contributed by atoms with Gasteiger partial charge in [0.25, 0.3) is 0 Å². The predicted octanol–water partition coefficient (Wildman–Crippen LogP) is 2.85. The van der Waals surface area contributed by atoms with Crippen molar-refractivity contribution in [3.05, 3.63) is 40.5 Å². The lowest BCUT2D eigenvalue weighted by Crippen LogP contribution is -2.53. The van der Waals surface area contributed by atoms with Crippen LogP contribution in [0.25, 0.3) is 0 Å². The van der Waals surface area contributed by atoms with Crippen LogP contribution in [0.5, 0.6) is 0 Å². The van der Waals surface area contributed by atoms with Gasteiger partial charge in [-0.3, -0.25) is 0 Å². The molecular weight excluding hydrogens is 435 g/mol. The Morgan fingerprint density at radius 2 is 1.84 bits per heavy atom. The molecule has 0 bridgehead atoms. The fraction of sp³-hybridized carbons (Fsp3) is 0.524. The summed E-state index contributed by atoms with van der Waals surface area (Å²) in [5.41, 5.74) is 13.3. The van der Waals surface area contributed by atoms with E-state index in [1.54, 1.807) is 12.1 Å². The van der Waals surface area contributed by atoms with Crippen LogP contribution in [0.1, 0.15) is 37.4 Å². The van der Waals surface area contributed by atoms with Gasteiger partial charge in [0.05, 0.1) is 10.0 Å². The van der Waals surface area contributed by atoms with E-state index in [1.807, 2.05) is 13.1 Å². The molecule has 1 aliphatic heterocycles. The highest BCUT2D eigenvalue weighted by Crippen LogP contribution is 2.32. The van der Waals surface area contributed by atoms with Gasteiger partial charge in [0, 0.05) is 42.8 Å². The Balaban J connectivity index is 1.67. The van der Waals surface area contributed by atoms with Crippen LogP contribution in [0.3, 0.4) is 0 Å². The third-order valence-corrected chi connectivity index (χ3v) is 6.60. The van der Waals surface area contributed by atoms with Crippen LogP contribution >= 0.6 is 23.2 Å². The smallest absolute Gasteiger partial charge is 0.232 e. The average molecular weight is 464 g/mol. The van der Waals surface area contributed by atoms with Crippen molar-refractivity contribution in [3.63, 3.8) is 0 Å². The van der Waals surface area contributed by atoms with E-state index in [4.69, 9.17) is 49.6 Å². The molecular formula is C21H29Cl2N8. The highest BCUT2D eigenvalue weighted by Gasteiger charge is 2.29. The molecule has 10 heteroatoms. The van der Waals surface area contributed by atoms with Crippen LogP contribution in [0.15, 0.2) is 18.2 Å². The van der Waals surface area contributed by atoms with E-state index < -0.39 is 0 Å². The van der Waals surface area contributed by atoms with Gasteiger partial charge in [0.2, 0.25) is 11.9 Å². The summed E-state index contributed by atoms with van der Waals surface area (Å²) in [5, 5.41) is 7.55. The van der Waals surface area contributed by atoms with Crippen LogP contribution in [0.4, 0.5) is 17.6 Å². The van der Waals surface area contributed by atoms with Gasteiger partial charge in [-0.15, -0.1) is 0 Å². The Labute approximate surface area is 193 Å². The summed E-state index contributed by atoms with van der Waals surface area (Å²) < 4.78 is 0. The number of nitrogens with one attached hydrogen (secondary N) is 2. The Morgan fingerprint density at radius 3 is 2.58 bits per heavy atom. The molecule has 31 heavy (non-hydrogen) atoms. The fourth-order valence-corrected chi connectivity index (χ4v) is 4.55. The van der Waals surface area contributed by atoms with E-state index in [0.29, 0.717) is 28.5 Å². The zero-order chi connectivity index (χ0) is 22.0. The van der Waals surface area contributed by atoms with Crippen LogP contribution in [-0.2, 0) is 0 Å². The molecule has 1 aromatic carbocycles. The van der Waals surface area contributed by atoms with Gasteiger partial charge < -0.3 is 27.0 Å². The number of hydrogen-bond acceptors (Lipinski definition) is 8. The zero-order valence-electron chi connectivity index (χ0n) is 17.6. The summed E-state index contributed by atoms with van der Waals surface area (Å²) >= 11 is 12.2. The van der Waals surface area contributed by atoms with Crippen LogP contribution < -0.4 is 27.0 Å². The quantitative estimate of drug-likeness (QED) is 0.534. The molecule has 1 radical (unpaired) electrons. The molecule has 2 aromatic rings. The van der Waals surface area contributed by atoms with Crippen molar-refractivity contribution in [2.75, 3.05) is 30.4 Å². The van der Waals surface area contributed by atoms with Gasteiger partial charge >= 0.3 is 0 Å². The Bertz CT molecular complexity index is 911. The summed E-state index contributed by atoms with van der Waals surface area (Å²) in [5.74, 6) is 2.01. The van der Waals surface area contributed by atoms with Gasteiger partial charge in [-0.1, -0.05) is 23.2 Å². The number of rotatable bonds is 5. The average Bonchev–Trinajstić information content (AvgIpc) is 2.75. The number of nitrogens with zero attached hydrogens (tertiary/aromatic N) is 4. The molecule has 0 amide bonds. The lowest BCUT2D eigenvalue weighted by atomic mass is 9.85. The molecule has 8 nitrogen and oxygen atoms in total. The molecule has 1 saturated carbocycles. The van der Waals surface area contributed by atoms with Crippen LogP contribution in [0, 0.1) is 6.42 Å². The molecule has 2 aliphatic rings. The van der Waals surface area contributed by atoms with Crippen molar-refractivity contribution in [3.8, 4) is 0 Å². The van der Waals surface area contributed by atoms with E-state index >= 15 is 0 Å². The number of benzene rings is 1. The second kappa shape index (κ2) is 9.83. The minimum Gasteiger partial charge on any atom is -0.338 e. The van der Waals surface area contributed by atoms with Gasteiger partial charge in [-0.2, -0.15) is 15.0 Å². The summed E-state index contributed by atoms with van der Waals surface area (Å²) in [6, 6.07) is 5.80. The summed E-state index contributed by atoms with van der Waals surface area (Å²) in [7, 11) is 1.95. The lowest BCUT2D eigenvalue weighted by molar-refractivity contribution is 0.402. The maximum Gasteiger partial charge on any atom is 0.232 e. The van der Waals surface area contributed by atoms with Crippen molar-refractivity contribution >= 4 is 40.8 Å². The molecule has 4 atom stereocenters. The van der Waals surface area contributed by atoms with E-state index in [9.17, 15) is 0 Å². The lowest BCUT2D eigenvalue weighted by Gasteiger charge is -2.36. The highest BCUT2D eigenvalue weighted by atomic mass is 35.5. The molecule has 0 spiro atoms. The Kier molecular flexibility index (Phi) is 7.13. The van der Waals surface area contributed by atoms with Crippen LogP contribution in [0.2, 0.25) is 10.0 Å². The molecule has 1 aliphatic carbocycles. The summed E-state index contributed by atoms with van der Waals surface area (Å²) in [6.07, 6.45) is 5.83. The first kappa shape index (κ1) is 22.5. The van der Waals surface area contributed by atoms with E-state index in [1.165, 1.54) is 0 Å². The molecule has 4 rings (SSSR count). The van der Waals surface area contributed by atoms with Gasteiger partial charge in [-0.25, -0.2) is 0 Å². The maximum atomic E-state index is 6.30. The van der Waals surface area contributed by atoms with Gasteiger partial charge in [-0.05, 0) is 57.4 Å². The molecule has 1 unspecified atom stereocenters. The maximum absolute atomic E-state index is 6.30. The first-order valence-electron chi connectivity index (χ1n) is 10.6. The van der Waals surface area contributed by atoms with Gasteiger partial charge in [0.1, 0.15) is 5.82 Å². The summed E-state index contributed by atoms with van der Waals surface area (Å²) in [4.78, 5) is 16.4. The number of nitrogens with two attached hydrogens (primary N) is 2. The highest BCUT2D eigenvalue weighted by molar-refractivity contribution is 6.42. The predicted molar refractivity (Wildman–Crippen MR) is 126 cm³/mol. The van der Waals surface area contributed by atoms with Crippen molar-refractivity contribution in [2.24, 2.45) is 11.5 Å². The van der Waals surface area contributed by atoms with E-state index in [0.717, 1.165) is 43.7 Å². The summed E-state index contributed by atoms with van der Waals surface area (Å²) in [6.45, 7) is 1.49. The normalized spacial score (nSPS) is 26.7. The van der Waals surface area contributed by atoms with Crippen LogP contribution in [-0.4, -0.2) is 53.2 Å². The largest absolute Gasteiger partial charge is 0.338 e. The topological polar surface area (TPSA) is 118 Å². The molecule has 167 valence electrons. The van der Waals surface area contributed by atoms with Crippen molar-refractivity contribution in [2.45, 2.75) is 49.7 Å². The SMILES string of the molecule is CN[C@H]1C[C@@H](N)CN(c2nc(Nc3ccc(Cl)c(Cl)c3)nc(C3C[CH]C[C@H](N)C3)n2)C1. The first-order valence-corrected chi connectivity index (χ1v) is 11.4. The van der Waals surface area contributed by atoms with Crippen molar-refractivity contribution < 1.29 is 0 Å². The molecule has 6 N–H and O–H groups in total. The molecule has 2 heterocycles. The minimum atomic E-state index is 0.0503. The van der Waals surface area contributed by atoms with Crippen molar-refractivity contribution in [1.82, 2.24) is 20.3 Å². The third kappa shape index (κ3) is 5.56. The number of piperidine rings is 1. The Hall–Kier alpha value is -1.71. The van der Waals surface area contributed by atoms with E-state index in [2.05, 4.69) is 22.0 Å². The number of halogens is 2. The minimum absolute atomic E-state index is 0.0503. The molecule has 1 saturated heterocycles. The van der Waals surface area contributed by atoms with E-state index in [-0.39, 0.29) is 24.0 Å². The fourth-order valence-electron chi connectivity index (χ4n) is 4.25. The number of hydrogen-bond donors (Lipinski definition) is 4. The number of aromatic nitrogens is 3. The third-order valence-electron chi connectivity index (χ3n) is 5.86. The first-order chi connectivity index (χ1) is 14.9. The number of anilines is 3. The monoisotopic (exact) mass is 463 g/mol. The zero-order valence-corrected chi connectivity index (χ0v) is 19.1. The molecule has 1 aromatic heterocycles. The second-order valence-electron chi connectivity index (χ2n) is 8.41. The molecule has 2 fully saturated rings. The van der Waals surface area contributed by atoms with Crippen molar-refractivity contribution in [1.29, 1.82) is 0 Å². The standard InChI is InChI=1S/C21H29Cl2N8/c1-26-16-8-14(25)10-31(11-16)21-29-19(12-3-2-4-13(24)7-12)28-20(30-21)27-15-5-6-17(22)18(23)9-15/h2,5-6,9,12-14,16,26H,3-4,7-8,10-11,24-25H2,1H3,(H,27,28,29,30)/t12?,13-,14+,16-/m0/s1.